The van der Waals surface area contributed by atoms with Crippen LogP contribution in [-0.2, 0) is 0 Å². The molecule has 0 amide bonds. The van der Waals surface area contributed by atoms with E-state index in [4.69, 9.17) is 4.74 Å². The molecule has 1 atom stereocenters. The Labute approximate surface area is 148 Å². The summed E-state index contributed by atoms with van der Waals surface area (Å²) < 4.78 is 20.5. The smallest absolute Gasteiger partial charge is 0.124 e. The number of hydrogen-bond donors (Lipinski definition) is 0. The Morgan fingerprint density at radius 1 is 1.20 bits per heavy atom. The van der Waals surface area contributed by atoms with Crippen LogP contribution in [0.4, 0.5) is 4.39 Å². The molecule has 0 heterocycles. The molecule has 0 aliphatic carbocycles. The predicted molar refractivity (Wildman–Crippen MR) is 95.2 cm³/mol. The van der Waals surface area contributed by atoms with Crippen LogP contribution in [-0.4, -0.2) is 6.61 Å². The standard InChI is InChI=1S/C15H12Br2FIO/c1-2-20-10-4-6-11(13(16)8-10)15(17)12-5-3-9(18)7-14(12)19/h3-8,15H,2H2,1H3. The maximum atomic E-state index is 13.2. The van der Waals surface area contributed by atoms with Gasteiger partial charge in [-0.25, -0.2) is 4.39 Å². The Morgan fingerprint density at radius 3 is 2.50 bits per heavy atom. The molecule has 0 bridgehead atoms. The molecule has 0 aliphatic heterocycles. The van der Waals surface area contributed by atoms with E-state index in [1.54, 1.807) is 6.07 Å². The number of halogens is 4. The first-order valence-corrected chi connectivity index (χ1v) is 8.83. The zero-order valence-corrected chi connectivity index (χ0v) is 16.0. The molecule has 0 saturated carbocycles. The van der Waals surface area contributed by atoms with Crippen molar-refractivity contribution >= 4 is 54.5 Å². The van der Waals surface area contributed by atoms with Crippen molar-refractivity contribution in [1.29, 1.82) is 0 Å². The first-order chi connectivity index (χ1) is 9.52. The van der Waals surface area contributed by atoms with Crippen LogP contribution < -0.4 is 4.74 Å². The van der Waals surface area contributed by atoms with E-state index in [0.717, 1.165) is 24.9 Å². The minimum atomic E-state index is -0.219. The first kappa shape index (κ1) is 16.2. The summed E-state index contributed by atoms with van der Waals surface area (Å²) >= 11 is 9.40. The molecule has 0 spiro atoms. The van der Waals surface area contributed by atoms with Crippen LogP contribution in [0.15, 0.2) is 40.9 Å². The summed E-state index contributed by atoms with van der Waals surface area (Å²) in [5.41, 5.74) is 2.12. The molecule has 0 radical (unpaired) electrons. The van der Waals surface area contributed by atoms with Crippen LogP contribution in [0.1, 0.15) is 22.9 Å². The summed E-state index contributed by atoms with van der Waals surface area (Å²) in [6, 6.07) is 10.7. The van der Waals surface area contributed by atoms with E-state index in [2.05, 4.69) is 54.5 Å². The van der Waals surface area contributed by atoms with E-state index in [1.165, 1.54) is 12.1 Å². The van der Waals surface area contributed by atoms with Crippen LogP contribution in [0, 0.1) is 9.39 Å². The fraction of sp³-hybridized carbons (Fsp3) is 0.200. The molecule has 106 valence electrons. The van der Waals surface area contributed by atoms with Gasteiger partial charge in [-0.1, -0.05) is 44.0 Å². The second-order valence-corrected chi connectivity index (χ2v) is 7.08. The highest BCUT2D eigenvalue weighted by atomic mass is 127. The van der Waals surface area contributed by atoms with E-state index < -0.39 is 0 Å². The van der Waals surface area contributed by atoms with E-state index in [-0.39, 0.29) is 10.6 Å². The maximum absolute atomic E-state index is 13.2. The van der Waals surface area contributed by atoms with Gasteiger partial charge in [0.15, 0.2) is 0 Å². The van der Waals surface area contributed by atoms with Crippen molar-refractivity contribution in [2.24, 2.45) is 0 Å². The molecule has 20 heavy (non-hydrogen) atoms. The van der Waals surface area contributed by atoms with E-state index in [1.807, 2.05) is 25.1 Å². The van der Waals surface area contributed by atoms with E-state index in [0.29, 0.717) is 6.61 Å². The fourth-order valence-electron chi connectivity index (χ4n) is 1.84. The molecule has 0 aromatic heterocycles. The lowest BCUT2D eigenvalue weighted by Crippen LogP contribution is -1.99. The predicted octanol–water partition coefficient (Wildman–Crippen LogP) is 6.08. The van der Waals surface area contributed by atoms with Crippen molar-refractivity contribution in [3.05, 3.63) is 61.4 Å². The van der Waals surface area contributed by atoms with Crippen LogP contribution in [0.5, 0.6) is 5.75 Å². The zero-order valence-electron chi connectivity index (χ0n) is 10.7. The second kappa shape index (κ2) is 7.22. The zero-order chi connectivity index (χ0) is 14.7. The maximum Gasteiger partial charge on any atom is 0.124 e. The number of benzene rings is 2. The molecule has 0 saturated heterocycles. The van der Waals surface area contributed by atoms with Gasteiger partial charge in [0.25, 0.3) is 0 Å². The Kier molecular flexibility index (Phi) is 5.86. The molecular weight excluding hydrogens is 502 g/mol. The van der Waals surface area contributed by atoms with Gasteiger partial charge in [-0.2, -0.15) is 0 Å². The number of rotatable bonds is 4. The van der Waals surface area contributed by atoms with Crippen LogP contribution >= 0.6 is 54.5 Å². The normalized spacial score (nSPS) is 12.2. The molecular formula is C15H12Br2FIO. The topological polar surface area (TPSA) is 9.23 Å². The van der Waals surface area contributed by atoms with Gasteiger partial charge in [-0.05, 0) is 64.9 Å². The van der Waals surface area contributed by atoms with Crippen molar-refractivity contribution < 1.29 is 9.13 Å². The largest absolute Gasteiger partial charge is 0.494 e. The van der Waals surface area contributed by atoms with Gasteiger partial charge in [0.1, 0.15) is 11.6 Å². The van der Waals surface area contributed by atoms with Crippen LogP contribution in [0.25, 0.3) is 0 Å². The molecule has 0 N–H and O–H groups in total. The molecule has 1 nitrogen and oxygen atoms in total. The van der Waals surface area contributed by atoms with Crippen LogP contribution in [0.3, 0.4) is 0 Å². The lowest BCUT2D eigenvalue weighted by molar-refractivity contribution is 0.340. The van der Waals surface area contributed by atoms with Gasteiger partial charge in [-0.15, -0.1) is 0 Å². The molecule has 2 aromatic carbocycles. The lowest BCUT2D eigenvalue weighted by Gasteiger charge is -2.15. The highest BCUT2D eigenvalue weighted by molar-refractivity contribution is 14.1. The van der Waals surface area contributed by atoms with Crippen molar-refractivity contribution in [3.63, 3.8) is 0 Å². The number of alkyl halides is 1. The molecule has 5 heteroatoms. The average Bonchev–Trinajstić information content (AvgIpc) is 2.38. The minimum absolute atomic E-state index is 0.0000477. The highest BCUT2D eigenvalue weighted by Gasteiger charge is 2.17. The van der Waals surface area contributed by atoms with E-state index in [9.17, 15) is 4.39 Å². The third kappa shape index (κ3) is 3.74. The number of ether oxygens (including phenoxy) is 1. The monoisotopic (exact) mass is 512 g/mol. The van der Waals surface area contributed by atoms with Crippen molar-refractivity contribution in [2.45, 2.75) is 11.8 Å². The number of hydrogen-bond acceptors (Lipinski definition) is 1. The summed E-state index contributed by atoms with van der Waals surface area (Å²) in [4.78, 5) is 0.0000477. The van der Waals surface area contributed by atoms with Gasteiger partial charge >= 0.3 is 0 Å². The first-order valence-electron chi connectivity index (χ1n) is 6.04. The second-order valence-electron chi connectivity index (χ2n) is 4.14. The molecule has 0 aliphatic rings. The van der Waals surface area contributed by atoms with Gasteiger partial charge < -0.3 is 4.74 Å². The van der Waals surface area contributed by atoms with Gasteiger partial charge in [-0.3, -0.25) is 0 Å². The Hall–Kier alpha value is -0.140. The summed E-state index contributed by atoms with van der Waals surface area (Å²) in [5, 5.41) is 0. The fourth-order valence-corrected chi connectivity index (χ4v) is 4.75. The van der Waals surface area contributed by atoms with Gasteiger partial charge in [0.2, 0.25) is 0 Å². The molecule has 0 fully saturated rings. The average molecular weight is 514 g/mol. The van der Waals surface area contributed by atoms with Crippen molar-refractivity contribution in [1.82, 2.24) is 0 Å². The van der Waals surface area contributed by atoms with Gasteiger partial charge in [0.05, 0.1) is 11.4 Å². The minimum Gasteiger partial charge on any atom is -0.494 e. The SMILES string of the molecule is CCOc1ccc(C(Br)c2ccc(F)cc2I)c(Br)c1. The molecule has 2 aromatic rings. The Balaban J connectivity index is 2.35. The quantitative estimate of drug-likeness (QED) is 0.356. The molecule has 2 rings (SSSR count). The summed E-state index contributed by atoms with van der Waals surface area (Å²) in [6.07, 6.45) is 0. The van der Waals surface area contributed by atoms with Crippen LogP contribution in [0.2, 0.25) is 0 Å². The Morgan fingerprint density at radius 2 is 1.90 bits per heavy atom. The highest BCUT2D eigenvalue weighted by Crippen LogP contribution is 2.38. The van der Waals surface area contributed by atoms with E-state index >= 15 is 0 Å². The third-order valence-corrected chi connectivity index (χ3v) is 5.40. The van der Waals surface area contributed by atoms with Gasteiger partial charge in [0, 0.05) is 8.04 Å². The Bertz CT molecular complexity index is 619. The summed E-state index contributed by atoms with van der Waals surface area (Å²) in [5.74, 6) is 0.611. The van der Waals surface area contributed by atoms with Crippen molar-refractivity contribution in [3.8, 4) is 5.75 Å². The lowest BCUT2D eigenvalue weighted by atomic mass is 10.0. The van der Waals surface area contributed by atoms with Crippen molar-refractivity contribution in [2.75, 3.05) is 6.61 Å². The third-order valence-electron chi connectivity index (χ3n) is 2.79. The summed E-state index contributed by atoms with van der Waals surface area (Å²) in [6.45, 7) is 2.59. The molecule has 1 unspecified atom stereocenters. The summed E-state index contributed by atoms with van der Waals surface area (Å²) in [7, 11) is 0.